The highest BCUT2D eigenvalue weighted by Gasteiger charge is 2.33. The summed E-state index contributed by atoms with van der Waals surface area (Å²) in [7, 11) is 3.74. The molecule has 0 bridgehead atoms. The van der Waals surface area contributed by atoms with E-state index in [-0.39, 0.29) is 30.4 Å². The highest BCUT2D eigenvalue weighted by atomic mass is 32.2. The van der Waals surface area contributed by atoms with Crippen molar-refractivity contribution in [2.45, 2.75) is 39.1 Å². The Labute approximate surface area is 228 Å². The lowest BCUT2D eigenvalue weighted by Gasteiger charge is -2.37. The lowest BCUT2D eigenvalue weighted by Crippen LogP contribution is -2.48. The van der Waals surface area contributed by atoms with Crippen LogP contribution in [0.3, 0.4) is 0 Å². The van der Waals surface area contributed by atoms with E-state index < -0.39 is 12.2 Å². The standard InChI is InChI=1S/C28H38N4O5S/c1-17-13-24(38-6)22(26(33)30-17)14-29-27(34)25-18(2)32(23-10-8-7-9-21(23)25)19(3)28-36-15-20(16-37-28)31(4)11-12-35-5/h7-10,13,19-20,22,28H,11-12,14-16H2,1-6H3,(H,29,34)/t19-,20?,22?,28?/m1/s1. The Morgan fingerprint density at radius 3 is 2.68 bits per heavy atom. The molecule has 2 aliphatic rings. The number of nitrogens with zero attached hydrogens (tertiary/aromatic N) is 3. The molecule has 9 nitrogen and oxygen atoms in total. The van der Waals surface area contributed by atoms with Crippen molar-refractivity contribution in [3.63, 3.8) is 0 Å². The maximum atomic E-state index is 13.5. The number of likely N-dealkylation sites (N-methyl/N-ethyl adjacent to an activating group) is 1. The van der Waals surface area contributed by atoms with E-state index in [0.717, 1.165) is 28.0 Å². The number of methoxy groups -OCH3 is 1. The zero-order chi connectivity index (χ0) is 27.4. The van der Waals surface area contributed by atoms with Crippen LogP contribution in [0.4, 0.5) is 0 Å². The lowest BCUT2D eigenvalue weighted by atomic mass is 10.0. The number of para-hydroxylation sites is 1. The Bertz CT molecular complexity index is 1230. The molecule has 206 valence electrons. The van der Waals surface area contributed by atoms with Crippen LogP contribution in [0, 0.1) is 12.8 Å². The molecule has 1 aromatic carbocycles. The first-order valence-corrected chi connectivity index (χ1v) is 14.1. The quantitative estimate of drug-likeness (QED) is 0.492. The van der Waals surface area contributed by atoms with Crippen LogP contribution in [-0.4, -0.2) is 92.6 Å². The third kappa shape index (κ3) is 5.89. The van der Waals surface area contributed by atoms with Crippen molar-refractivity contribution in [2.24, 2.45) is 10.9 Å². The minimum absolute atomic E-state index is 0.157. The molecule has 1 saturated heterocycles. The zero-order valence-electron chi connectivity index (χ0n) is 23.0. The number of aromatic nitrogens is 1. The van der Waals surface area contributed by atoms with Crippen LogP contribution in [-0.2, 0) is 19.0 Å². The van der Waals surface area contributed by atoms with Crippen LogP contribution in [0.25, 0.3) is 10.9 Å². The van der Waals surface area contributed by atoms with Gasteiger partial charge in [0.1, 0.15) is 0 Å². The predicted octanol–water partition coefficient (Wildman–Crippen LogP) is 3.42. The number of fused-ring (bicyclic) bond motifs is 1. The molecular weight excluding hydrogens is 504 g/mol. The lowest BCUT2D eigenvalue weighted by molar-refractivity contribution is -0.219. The molecular formula is C28H38N4O5S. The fraction of sp³-hybridized carbons (Fsp3) is 0.536. The van der Waals surface area contributed by atoms with Gasteiger partial charge in [-0.25, -0.2) is 4.99 Å². The summed E-state index contributed by atoms with van der Waals surface area (Å²) in [6, 6.07) is 7.86. The van der Waals surface area contributed by atoms with Crippen molar-refractivity contribution in [3.8, 4) is 0 Å². The molecule has 38 heavy (non-hydrogen) atoms. The Balaban J connectivity index is 1.51. The number of benzene rings is 1. The summed E-state index contributed by atoms with van der Waals surface area (Å²) >= 11 is 1.51. The molecule has 4 rings (SSSR count). The van der Waals surface area contributed by atoms with Crippen molar-refractivity contribution < 1.29 is 23.8 Å². The molecule has 0 radical (unpaired) electrons. The van der Waals surface area contributed by atoms with Crippen LogP contribution >= 0.6 is 11.8 Å². The number of dihydropyridines is 1. The normalized spacial score (nSPS) is 22.9. The van der Waals surface area contributed by atoms with Crippen molar-refractivity contribution in [3.05, 3.63) is 46.5 Å². The number of ether oxygens (including phenoxy) is 3. The topological polar surface area (TPSA) is 94.4 Å². The number of thioether (sulfide) groups is 1. The van der Waals surface area contributed by atoms with Gasteiger partial charge in [0.25, 0.3) is 11.8 Å². The molecule has 2 aliphatic heterocycles. The summed E-state index contributed by atoms with van der Waals surface area (Å²) in [4.78, 5) is 33.3. The number of carbonyl (C=O) groups is 2. The Morgan fingerprint density at radius 1 is 1.29 bits per heavy atom. The number of nitrogens with one attached hydrogen (secondary N) is 1. The van der Waals surface area contributed by atoms with Crippen molar-refractivity contribution in [1.29, 1.82) is 0 Å². The van der Waals surface area contributed by atoms with Crippen LogP contribution in [0.1, 0.15) is 35.9 Å². The van der Waals surface area contributed by atoms with E-state index in [9.17, 15) is 9.59 Å². The summed E-state index contributed by atoms with van der Waals surface area (Å²) in [6.45, 7) is 8.58. The SMILES string of the molecule is COCCN(C)C1COC([C@@H](C)n2c(C)c(C(=O)NCC3C(=O)N=C(C)C=C3SC)c3ccccc32)OC1. The number of hydrogen-bond acceptors (Lipinski definition) is 7. The molecule has 1 fully saturated rings. The number of aliphatic imine (C=N–C) groups is 1. The molecule has 2 aromatic rings. The van der Waals surface area contributed by atoms with Crippen molar-refractivity contribution in [2.75, 3.05) is 53.3 Å². The smallest absolute Gasteiger partial charge is 0.255 e. The van der Waals surface area contributed by atoms with Gasteiger partial charge in [-0.15, -0.1) is 11.8 Å². The van der Waals surface area contributed by atoms with Gasteiger partial charge in [0.15, 0.2) is 6.29 Å². The average Bonchev–Trinajstić information content (AvgIpc) is 3.21. The second-order valence-electron chi connectivity index (χ2n) is 9.86. The number of rotatable bonds is 10. The third-order valence-electron chi connectivity index (χ3n) is 7.34. The summed E-state index contributed by atoms with van der Waals surface area (Å²) in [5, 5.41) is 3.86. The largest absolute Gasteiger partial charge is 0.383 e. The molecule has 3 heterocycles. The Kier molecular flexibility index (Phi) is 9.43. The van der Waals surface area contributed by atoms with E-state index in [0.29, 0.717) is 31.1 Å². The monoisotopic (exact) mass is 542 g/mol. The van der Waals surface area contributed by atoms with E-state index in [1.54, 1.807) is 7.11 Å². The second kappa shape index (κ2) is 12.6. The van der Waals surface area contributed by atoms with E-state index in [2.05, 4.69) is 26.7 Å². The average molecular weight is 543 g/mol. The summed E-state index contributed by atoms with van der Waals surface area (Å²) in [5.74, 6) is -0.904. The summed E-state index contributed by atoms with van der Waals surface area (Å²) in [5.41, 5.74) is 3.05. The minimum Gasteiger partial charge on any atom is -0.383 e. The molecule has 1 unspecified atom stereocenters. The van der Waals surface area contributed by atoms with Gasteiger partial charge in [-0.2, -0.15) is 0 Å². The molecule has 0 aliphatic carbocycles. The van der Waals surface area contributed by atoms with Gasteiger partial charge in [-0.05, 0) is 46.2 Å². The molecule has 0 spiro atoms. The fourth-order valence-electron chi connectivity index (χ4n) is 5.17. The maximum Gasteiger partial charge on any atom is 0.255 e. The van der Waals surface area contributed by atoms with Gasteiger partial charge in [0.2, 0.25) is 0 Å². The summed E-state index contributed by atoms with van der Waals surface area (Å²) in [6.07, 6.45) is 3.40. The van der Waals surface area contributed by atoms with Gasteiger partial charge >= 0.3 is 0 Å². The number of allylic oxidation sites excluding steroid dienone is 1. The zero-order valence-corrected chi connectivity index (χ0v) is 23.8. The van der Waals surface area contributed by atoms with Crippen LogP contribution in [0.5, 0.6) is 0 Å². The number of amides is 2. The predicted molar refractivity (Wildman–Crippen MR) is 151 cm³/mol. The molecule has 1 N–H and O–H groups in total. The van der Waals surface area contributed by atoms with E-state index in [1.807, 2.05) is 57.5 Å². The Hall–Kier alpha value is -2.50. The first-order valence-electron chi connectivity index (χ1n) is 12.9. The number of carbonyl (C=O) groups excluding carboxylic acids is 2. The highest BCUT2D eigenvalue weighted by molar-refractivity contribution is 8.02. The fourth-order valence-corrected chi connectivity index (χ4v) is 5.92. The molecule has 0 saturated carbocycles. The van der Waals surface area contributed by atoms with Crippen molar-refractivity contribution >= 4 is 40.2 Å². The van der Waals surface area contributed by atoms with Crippen molar-refractivity contribution in [1.82, 2.24) is 14.8 Å². The first-order chi connectivity index (χ1) is 18.3. The first kappa shape index (κ1) is 28.5. The highest BCUT2D eigenvalue weighted by Crippen LogP contribution is 2.33. The molecule has 10 heteroatoms. The molecule has 2 amide bonds. The van der Waals surface area contributed by atoms with Gasteiger partial charge in [0.05, 0.1) is 43.4 Å². The van der Waals surface area contributed by atoms with Crippen LogP contribution in [0.15, 0.2) is 40.2 Å². The van der Waals surface area contributed by atoms with Gasteiger partial charge in [0, 0.05) is 47.4 Å². The van der Waals surface area contributed by atoms with Gasteiger partial charge < -0.3 is 24.1 Å². The van der Waals surface area contributed by atoms with Crippen LogP contribution in [0.2, 0.25) is 0 Å². The Morgan fingerprint density at radius 2 is 2.00 bits per heavy atom. The summed E-state index contributed by atoms with van der Waals surface area (Å²) < 4.78 is 19.6. The van der Waals surface area contributed by atoms with E-state index in [4.69, 9.17) is 14.2 Å². The third-order valence-corrected chi connectivity index (χ3v) is 8.22. The van der Waals surface area contributed by atoms with Gasteiger partial charge in [-0.1, -0.05) is 18.2 Å². The van der Waals surface area contributed by atoms with E-state index >= 15 is 0 Å². The van der Waals surface area contributed by atoms with E-state index in [1.165, 1.54) is 11.8 Å². The second-order valence-corrected chi connectivity index (χ2v) is 10.7. The molecule has 2 atom stereocenters. The maximum absolute atomic E-state index is 13.5. The minimum atomic E-state index is -0.468. The van der Waals surface area contributed by atoms with Gasteiger partial charge in [-0.3, -0.25) is 14.5 Å². The molecule has 1 aromatic heterocycles. The van der Waals surface area contributed by atoms with Crippen LogP contribution < -0.4 is 5.32 Å². The number of hydrogen-bond donors (Lipinski definition) is 1.